The Bertz CT molecular complexity index is 225. The first-order chi connectivity index (χ1) is 8.49. The highest BCUT2D eigenvalue weighted by atomic mass is 16.5. The maximum atomic E-state index is 5.52. The van der Waals surface area contributed by atoms with Crippen LogP contribution in [0, 0.1) is 5.41 Å². The normalized spacial score (nSPS) is 26.5. The van der Waals surface area contributed by atoms with E-state index in [1.54, 1.807) is 0 Å². The molecule has 0 bridgehead atoms. The molecule has 0 aliphatic carbocycles. The highest BCUT2D eigenvalue weighted by Gasteiger charge is 2.33. The van der Waals surface area contributed by atoms with Crippen LogP contribution in [-0.4, -0.2) is 49.8 Å². The average molecular weight is 256 g/mol. The Labute approximate surface area is 113 Å². The topological polar surface area (TPSA) is 24.5 Å². The van der Waals surface area contributed by atoms with Gasteiger partial charge in [0.2, 0.25) is 0 Å². The van der Waals surface area contributed by atoms with E-state index < -0.39 is 0 Å². The second-order valence-corrected chi connectivity index (χ2v) is 6.46. The predicted octanol–water partition coefficient (Wildman–Crippen LogP) is 2.51. The summed E-state index contributed by atoms with van der Waals surface area (Å²) in [6.45, 7) is 16.4. The van der Waals surface area contributed by atoms with Crippen molar-refractivity contribution in [2.45, 2.75) is 59.5 Å². The molecular weight excluding hydrogens is 224 g/mol. The number of nitrogens with zero attached hydrogens (tertiary/aromatic N) is 1. The third-order valence-corrected chi connectivity index (χ3v) is 3.93. The molecule has 1 saturated heterocycles. The molecule has 0 aromatic rings. The van der Waals surface area contributed by atoms with Gasteiger partial charge < -0.3 is 10.1 Å². The second-order valence-electron chi connectivity index (χ2n) is 6.46. The Morgan fingerprint density at radius 2 is 2.00 bits per heavy atom. The quantitative estimate of drug-likeness (QED) is 0.739. The van der Waals surface area contributed by atoms with Gasteiger partial charge in [0.15, 0.2) is 0 Å². The fourth-order valence-electron chi connectivity index (χ4n) is 2.65. The van der Waals surface area contributed by atoms with Crippen LogP contribution in [0.25, 0.3) is 0 Å². The van der Waals surface area contributed by atoms with Gasteiger partial charge >= 0.3 is 0 Å². The number of ether oxygens (including phenoxy) is 1. The maximum Gasteiger partial charge on any atom is 0.0593 e. The van der Waals surface area contributed by atoms with Crippen LogP contribution in [0.1, 0.15) is 47.5 Å². The van der Waals surface area contributed by atoms with Crippen LogP contribution in [0.4, 0.5) is 0 Å². The van der Waals surface area contributed by atoms with Crippen molar-refractivity contribution in [2.75, 3.05) is 32.8 Å². The molecule has 1 aliphatic heterocycles. The van der Waals surface area contributed by atoms with E-state index >= 15 is 0 Å². The Morgan fingerprint density at radius 1 is 1.28 bits per heavy atom. The first kappa shape index (κ1) is 15.9. The zero-order valence-electron chi connectivity index (χ0n) is 13.0. The monoisotopic (exact) mass is 256 g/mol. The standard InChI is InChI=1S/C15H32N2O/c1-6-8-13-11-16-14(15(3,4)5)12-17(13)9-10-18-7-2/h13-14,16H,6-12H2,1-5H3. The molecule has 0 amide bonds. The van der Waals surface area contributed by atoms with Gasteiger partial charge in [-0.25, -0.2) is 0 Å². The van der Waals surface area contributed by atoms with Crippen LogP contribution in [0.5, 0.6) is 0 Å². The van der Waals surface area contributed by atoms with Crippen molar-refractivity contribution in [2.24, 2.45) is 5.41 Å². The van der Waals surface area contributed by atoms with Crippen LogP contribution in [-0.2, 0) is 4.74 Å². The van der Waals surface area contributed by atoms with Crippen LogP contribution in [0.15, 0.2) is 0 Å². The molecule has 0 spiro atoms. The summed E-state index contributed by atoms with van der Waals surface area (Å²) in [6.07, 6.45) is 2.55. The Kier molecular flexibility index (Phi) is 6.61. The number of hydrogen-bond donors (Lipinski definition) is 1. The van der Waals surface area contributed by atoms with Crippen molar-refractivity contribution in [3.8, 4) is 0 Å². The van der Waals surface area contributed by atoms with Crippen molar-refractivity contribution in [3.05, 3.63) is 0 Å². The lowest BCUT2D eigenvalue weighted by atomic mass is 9.84. The molecule has 0 saturated carbocycles. The summed E-state index contributed by atoms with van der Waals surface area (Å²) in [4.78, 5) is 2.63. The van der Waals surface area contributed by atoms with Crippen LogP contribution in [0.3, 0.4) is 0 Å². The van der Waals surface area contributed by atoms with Crippen molar-refractivity contribution in [3.63, 3.8) is 0 Å². The molecule has 2 atom stereocenters. The highest BCUT2D eigenvalue weighted by molar-refractivity contribution is 4.91. The molecule has 0 radical (unpaired) electrons. The molecule has 1 N–H and O–H groups in total. The molecule has 1 rings (SSSR count). The molecule has 1 fully saturated rings. The van der Waals surface area contributed by atoms with Gasteiger partial charge in [0.25, 0.3) is 0 Å². The maximum absolute atomic E-state index is 5.52. The molecule has 1 heterocycles. The van der Waals surface area contributed by atoms with E-state index in [1.165, 1.54) is 12.8 Å². The number of hydrogen-bond acceptors (Lipinski definition) is 3. The molecule has 0 aromatic carbocycles. The van der Waals surface area contributed by atoms with E-state index in [0.29, 0.717) is 17.5 Å². The summed E-state index contributed by atoms with van der Waals surface area (Å²) in [5.74, 6) is 0. The lowest BCUT2D eigenvalue weighted by molar-refractivity contribution is 0.0465. The summed E-state index contributed by atoms with van der Waals surface area (Å²) in [6, 6.07) is 1.28. The molecule has 0 aromatic heterocycles. The number of rotatable bonds is 6. The van der Waals surface area contributed by atoms with E-state index in [4.69, 9.17) is 4.74 Å². The van der Waals surface area contributed by atoms with Gasteiger partial charge in [-0.3, -0.25) is 4.90 Å². The molecule has 2 unspecified atom stereocenters. The Balaban J connectivity index is 2.52. The lowest BCUT2D eigenvalue weighted by Crippen LogP contribution is -2.60. The summed E-state index contributed by atoms with van der Waals surface area (Å²) in [5, 5.41) is 3.73. The van der Waals surface area contributed by atoms with E-state index in [2.05, 4.69) is 44.8 Å². The minimum Gasteiger partial charge on any atom is -0.380 e. The molecule has 3 heteroatoms. The fraction of sp³-hybridized carbons (Fsp3) is 1.00. The van der Waals surface area contributed by atoms with Crippen LogP contribution in [0.2, 0.25) is 0 Å². The zero-order chi connectivity index (χ0) is 13.6. The SMILES string of the molecule is CCCC1CNC(C(C)(C)C)CN1CCOCC. The smallest absolute Gasteiger partial charge is 0.0593 e. The van der Waals surface area contributed by atoms with Crippen molar-refractivity contribution in [1.82, 2.24) is 10.2 Å². The van der Waals surface area contributed by atoms with Crippen LogP contribution < -0.4 is 5.32 Å². The number of piperazine rings is 1. The summed E-state index contributed by atoms with van der Waals surface area (Å²) in [7, 11) is 0. The van der Waals surface area contributed by atoms with Gasteiger partial charge in [0.1, 0.15) is 0 Å². The van der Waals surface area contributed by atoms with E-state index in [9.17, 15) is 0 Å². The van der Waals surface area contributed by atoms with Gasteiger partial charge in [-0.1, -0.05) is 34.1 Å². The summed E-state index contributed by atoms with van der Waals surface area (Å²) < 4.78 is 5.52. The van der Waals surface area contributed by atoms with Gasteiger partial charge in [-0.2, -0.15) is 0 Å². The van der Waals surface area contributed by atoms with Gasteiger partial charge in [-0.15, -0.1) is 0 Å². The Morgan fingerprint density at radius 3 is 2.56 bits per heavy atom. The summed E-state index contributed by atoms with van der Waals surface area (Å²) in [5.41, 5.74) is 0.334. The summed E-state index contributed by atoms with van der Waals surface area (Å²) >= 11 is 0. The molecular formula is C15H32N2O. The minimum atomic E-state index is 0.334. The first-order valence-electron chi connectivity index (χ1n) is 7.54. The lowest BCUT2D eigenvalue weighted by Gasteiger charge is -2.45. The van der Waals surface area contributed by atoms with E-state index in [0.717, 1.165) is 32.8 Å². The van der Waals surface area contributed by atoms with Crippen molar-refractivity contribution >= 4 is 0 Å². The minimum absolute atomic E-state index is 0.334. The van der Waals surface area contributed by atoms with Crippen molar-refractivity contribution < 1.29 is 4.74 Å². The zero-order valence-corrected chi connectivity index (χ0v) is 13.0. The highest BCUT2D eigenvalue weighted by Crippen LogP contribution is 2.24. The second kappa shape index (κ2) is 7.46. The predicted molar refractivity (Wildman–Crippen MR) is 78.0 cm³/mol. The number of nitrogens with one attached hydrogen (secondary N) is 1. The molecule has 1 aliphatic rings. The van der Waals surface area contributed by atoms with E-state index in [1.807, 2.05) is 0 Å². The molecule has 3 nitrogen and oxygen atoms in total. The molecule has 108 valence electrons. The van der Waals surface area contributed by atoms with Gasteiger partial charge in [0, 0.05) is 38.3 Å². The van der Waals surface area contributed by atoms with Gasteiger partial charge in [0.05, 0.1) is 6.61 Å². The van der Waals surface area contributed by atoms with Crippen LogP contribution >= 0.6 is 0 Å². The average Bonchev–Trinajstić information content (AvgIpc) is 2.30. The van der Waals surface area contributed by atoms with E-state index in [-0.39, 0.29) is 0 Å². The Hall–Kier alpha value is -0.120. The first-order valence-corrected chi connectivity index (χ1v) is 7.54. The molecule has 18 heavy (non-hydrogen) atoms. The van der Waals surface area contributed by atoms with Crippen molar-refractivity contribution in [1.29, 1.82) is 0 Å². The third kappa shape index (κ3) is 4.87. The van der Waals surface area contributed by atoms with Gasteiger partial charge in [-0.05, 0) is 18.8 Å². The fourth-order valence-corrected chi connectivity index (χ4v) is 2.65. The largest absolute Gasteiger partial charge is 0.380 e. The third-order valence-electron chi connectivity index (χ3n) is 3.93.